The molecule has 0 aliphatic rings. The molecule has 2 aromatic rings. The molecule has 1 N–H and O–H groups in total. The van der Waals surface area contributed by atoms with Crippen molar-refractivity contribution < 1.29 is 4.74 Å². The Balaban J connectivity index is 2.22. The van der Waals surface area contributed by atoms with Crippen LogP contribution in [0, 0.1) is 20.8 Å². The Bertz CT molecular complexity index is 619. The van der Waals surface area contributed by atoms with Gasteiger partial charge in [-0.05, 0) is 69.0 Å². The highest BCUT2D eigenvalue weighted by Crippen LogP contribution is 2.30. The SMILES string of the molecule is CCOc1cc(C)ccc1NC(C)c1ccc(C)c(C)c1. The number of rotatable bonds is 5. The molecule has 0 aromatic heterocycles. The molecule has 0 fully saturated rings. The highest BCUT2D eigenvalue weighted by Gasteiger charge is 2.10. The minimum Gasteiger partial charge on any atom is -0.492 e. The third kappa shape index (κ3) is 3.78. The van der Waals surface area contributed by atoms with Gasteiger partial charge in [0.25, 0.3) is 0 Å². The van der Waals surface area contributed by atoms with Crippen LogP contribution in [0.3, 0.4) is 0 Å². The van der Waals surface area contributed by atoms with Crippen molar-refractivity contribution in [1.82, 2.24) is 0 Å². The number of ether oxygens (including phenoxy) is 1. The average molecular weight is 283 g/mol. The minimum atomic E-state index is 0.242. The number of hydrogen-bond donors (Lipinski definition) is 1. The summed E-state index contributed by atoms with van der Waals surface area (Å²) < 4.78 is 5.73. The predicted octanol–water partition coefficient (Wildman–Crippen LogP) is 5.18. The van der Waals surface area contributed by atoms with E-state index in [2.05, 4.69) is 69.4 Å². The van der Waals surface area contributed by atoms with E-state index in [9.17, 15) is 0 Å². The van der Waals surface area contributed by atoms with Crippen molar-refractivity contribution >= 4 is 5.69 Å². The van der Waals surface area contributed by atoms with Gasteiger partial charge in [-0.3, -0.25) is 0 Å². The fourth-order valence-corrected chi connectivity index (χ4v) is 2.37. The van der Waals surface area contributed by atoms with E-state index in [-0.39, 0.29) is 6.04 Å². The Hall–Kier alpha value is -1.96. The standard InChI is InChI=1S/C19H25NO/c1-6-21-19-11-13(2)7-10-18(19)20-16(5)17-9-8-14(3)15(4)12-17/h7-12,16,20H,6H2,1-5H3. The zero-order valence-corrected chi connectivity index (χ0v) is 13.7. The molecular weight excluding hydrogens is 258 g/mol. The molecular formula is C19H25NO. The Morgan fingerprint density at radius 2 is 1.76 bits per heavy atom. The maximum atomic E-state index is 5.73. The first-order chi connectivity index (χ1) is 10.0. The van der Waals surface area contributed by atoms with Gasteiger partial charge >= 0.3 is 0 Å². The van der Waals surface area contributed by atoms with Crippen molar-refractivity contribution in [2.75, 3.05) is 11.9 Å². The van der Waals surface area contributed by atoms with E-state index in [1.54, 1.807) is 0 Å². The highest BCUT2D eigenvalue weighted by atomic mass is 16.5. The maximum Gasteiger partial charge on any atom is 0.142 e. The van der Waals surface area contributed by atoms with Gasteiger partial charge in [-0.25, -0.2) is 0 Å². The van der Waals surface area contributed by atoms with Gasteiger partial charge < -0.3 is 10.1 Å². The minimum absolute atomic E-state index is 0.242. The van der Waals surface area contributed by atoms with Gasteiger partial charge in [0.15, 0.2) is 0 Å². The molecule has 0 amide bonds. The van der Waals surface area contributed by atoms with Crippen molar-refractivity contribution in [2.24, 2.45) is 0 Å². The Kier molecular flexibility index (Phi) is 4.89. The lowest BCUT2D eigenvalue weighted by Crippen LogP contribution is -2.08. The van der Waals surface area contributed by atoms with Crippen molar-refractivity contribution in [1.29, 1.82) is 0 Å². The summed E-state index contributed by atoms with van der Waals surface area (Å²) in [4.78, 5) is 0. The second-order valence-corrected chi connectivity index (χ2v) is 5.64. The van der Waals surface area contributed by atoms with Crippen LogP contribution in [0.1, 0.15) is 42.1 Å². The van der Waals surface area contributed by atoms with Gasteiger partial charge in [0.2, 0.25) is 0 Å². The highest BCUT2D eigenvalue weighted by molar-refractivity contribution is 5.58. The van der Waals surface area contributed by atoms with E-state index >= 15 is 0 Å². The van der Waals surface area contributed by atoms with Gasteiger partial charge in [-0.15, -0.1) is 0 Å². The Morgan fingerprint density at radius 1 is 1.00 bits per heavy atom. The summed E-state index contributed by atoms with van der Waals surface area (Å²) in [6, 6.07) is 13.2. The van der Waals surface area contributed by atoms with Gasteiger partial charge in [-0.1, -0.05) is 24.3 Å². The van der Waals surface area contributed by atoms with E-state index in [1.165, 1.54) is 22.3 Å². The summed E-state index contributed by atoms with van der Waals surface area (Å²) in [6.45, 7) is 11.3. The van der Waals surface area contributed by atoms with E-state index in [4.69, 9.17) is 4.74 Å². The Labute approximate surface area is 128 Å². The molecule has 0 aliphatic heterocycles. The van der Waals surface area contributed by atoms with Gasteiger partial charge in [0.05, 0.1) is 12.3 Å². The lowest BCUT2D eigenvalue weighted by molar-refractivity contribution is 0.341. The first kappa shape index (κ1) is 15.4. The monoisotopic (exact) mass is 283 g/mol. The van der Waals surface area contributed by atoms with Gasteiger partial charge in [0.1, 0.15) is 5.75 Å². The topological polar surface area (TPSA) is 21.3 Å². The van der Waals surface area contributed by atoms with Crippen LogP contribution in [0.15, 0.2) is 36.4 Å². The first-order valence-electron chi connectivity index (χ1n) is 7.58. The van der Waals surface area contributed by atoms with Crippen LogP contribution in [0.5, 0.6) is 5.75 Å². The van der Waals surface area contributed by atoms with Crippen LogP contribution in [0.2, 0.25) is 0 Å². The molecule has 21 heavy (non-hydrogen) atoms. The summed E-state index contributed by atoms with van der Waals surface area (Å²) >= 11 is 0. The second kappa shape index (κ2) is 6.66. The summed E-state index contributed by atoms with van der Waals surface area (Å²) in [5.74, 6) is 0.924. The van der Waals surface area contributed by atoms with E-state index in [0.717, 1.165) is 11.4 Å². The molecule has 2 rings (SSSR count). The van der Waals surface area contributed by atoms with Crippen LogP contribution in [-0.2, 0) is 0 Å². The molecule has 2 heteroatoms. The lowest BCUT2D eigenvalue weighted by Gasteiger charge is -2.19. The fraction of sp³-hybridized carbons (Fsp3) is 0.368. The smallest absolute Gasteiger partial charge is 0.142 e. The molecule has 0 saturated heterocycles. The molecule has 0 heterocycles. The summed E-state index contributed by atoms with van der Waals surface area (Å²) in [7, 11) is 0. The average Bonchev–Trinajstić information content (AvgIpc) is 2.45. The molecule has 0 aliphatic carbocycles. The summed E-state index contributed by atoms with van der Waals surface area (Å²) in [5.41, 5.74) is 6.21. The fourth-order valence-electron chi connectivity index (χ4n) is 2.37. The third-order valence-electron chi connectivity index (χ3n) is 3.84. The van der Waals surface area contributed by atoms with E-state index in [1.807, 2.05) is 6.92 Å². The summed E-state index contributed by atoms with van der Waals surface area (Å²) in [5, 5.41) is 3.56. The normalized spacial score (nSPS) is 12.0. The largest absolute Gasteiger partial charge is 0.492 e. The zero-order chi connectivity index (χ0) is 15.4. The maximum absolute atomic E-state index is 5.73. The molecule has 2 nitrogen and oxygen atoms in total. The molecule has 1 unspecified atom stereocenters. The van der Waals surface area contributed by atoms with Crippen LogP contribution in [-0.4, -0.2) is 6.61 Å². The Morgan fingerprint density at radius 3 is 2.43 bits per heavy atom. The predicted molar refractivity (Wildman–Crippen MR) is 90.3 cm³/mol. The molecule has 0 bridgehead atoms. The van der Waals surface area contributed by atoms with Crippen LogP contribution >= 0.6 is 0 Å². The van der Waals surface area contributed by atoms with Gasteiger partial charge in [-0.2, -0.15) is 0 Å². The van der Waals surface area contributed by atoms with Crippen molar-refractivity contribution in [3.05, 3.63) is 58.7 Å². The molecule has 0 radical (unpaired) electrons. The van der Waals surface area contributed by atoms with Crippen LogP contribution in [0.25, 0.3) is 0 Å². The number of nitrogens with one attached hydrogen (secondary N) is 1. The number of benzene rings is 2. The number of aryl methyl sites for hydroxylation is 3. The zero-order valence-electron chi connectivity index (χ0n) is 13.7. The van der Waals surface area contributed by atoms with E-state index in [0.29, 0.717) is 6.61 Å². The molecule has 1 atom stereocenters. The van der Waals surface area contributed by atoms with Crippen molar-refractivity contribution in [2.45, 2.75) is 40.7 Å². The number of hydrogen-bond acceptors (Lipinski definition) is 2. The lowest BCUT2D eigenvalue weighted by atomic mass is 10.0. The van der Waals surface area contributed by atoms with Gasteiger partial charge in [0, 0.05) is 6.04 Å². The molecule has 0 spiro atoms. The molecule has 0 saturated carbocycles. The molecule has 112 valence electrons. The van der Waals surface area contributed by atoms with E-state index < -0.39 is 0 Å². The quantitative estimate of drug-likeness (QED) is 0.816. The van der Waals surface area contributed by atoms with Crippen LogP contribution < -0.4 is 10.1 Å². The number of anilines is 1. The van der Waals surface area contributed by atoms with Crippen molar-refractivity contribution in [3.63, 3.8) is 0 Å². The van der Waals surface area contributed by atoms with Crippen LogP contribution in [0.4, 0.5) is 5.69 Å². The third-order valence-corrected chi connectivity index (χ3v) is 3.84. The second-order valence-electron chi connectivity index (χ2n) is 5.64. The van der Waals surface area contributed by atoms with Crippen molar-refractivity contribution in [3.8, 4) is 5.75 Å². The summed E-state index contributed by atoms with van der Waals surface area (Å²) in [6.07, 6.45) is 0. The molecule has 2 aromatic carbocycles. The first-order valence-corrected chi connectivity index (χ1v) is 7.58.